The van der Waals surface area contributed by atoms with Crippen LogP contribution in [0.5, 0.6) is 0 Å². The molecule has 0 aromatic heterocycles. The highest BCUT2D eigenvalue weighted by molar-refractivity contribution is 6.31. The van der Waals surface area contributed by atoms with Crippen molar-refractivity contribution in [2.75, 3.05) is 18.0 Å². The number of hydrogen-bond donors (Lipinski definition) is 2. The molecule has 2 rings (SSSR count). The number of carbonyl (C=O) groups excluding carboxylic acids is 1. The Morgan fingerprint density at radius 2 is 2.28 bits per heavy atom. The molecule has 0 aliphatic carbocycles. The third-order valence-electron chi connectivity index (χ3n) is 3.46. The molecular formula is C13H18ClN3O. The molecule has 1 aliphatic rings. The summed E-state index contributed by atoms with van der Waals surface area (Å²) in [6.45, 7) is 1.96. The van der Waals surface area contributed by atoms with Crippen molar-refractivity contribution >= 4 is 23.2 Å². The van der Waals surface area contributed by atoms with Crippen LogP contribution in [0.25, 0.3) is 0 Å². The number of carbonyl (C=O) groups is 1. The lowest BCUT2D eigenvalue weighted by atomic mass is 9.96. The van der Waals surface area contributed by atoms with Crippen molar-refractivity contribution in [2.24, 2.45) is 17.4 Å². The van der Waals surface area contributed by atoms with E-state index < -0.39 is 0 Å². The van der Waals surface area contributed by atoms with Crippen LogP contribution in [0.2, 0.25) is 5.02 Å². The van der Waals surface area contributed by atoms with Gasteiger partial charge in [-0.15, -0.1) is 0 Å². The van der Waals surface area contributed by atoms with Gasteiger partial charge in [0.25, 0.3) is 0 Å². The molecule has 1 aromatic carbocycles. The molecule has 4 nitrogen and oxygen atoms in total. The van der Waals surface area contributed by atoms with E-state index in [1.54, 1.807) is 0 Å². The molecule has 98 valence electrons. The molecule has 1 fully saturated rings. The van der Waals surface area contributed by atoms with Crippen LogP contribution in [0, 0.1) is 5.92 Å². The van der Waals surface area contributed by atoms with Crippen LogP contribution in [-0.2, 0) is 11.3 Å². The lowest BCUT2D eigenvalue weighted by molar-refractivity contribution is -0.122. The molecule has 5 heteroatoms. The fourth-order valence-corrected chi connectivity index (χ4v) is 2.72. The maximum atomic E-state index is 11.3. The lowest BCUT2D eigenvalue weighted by Crippen LogP contribution is -2.41. The number of halogens is 1. The summed E-state index contributed by atoms with van der Waals surface area (Å²) in [5.74, 6) is -0.306. The molecule has 1 amide bonds. The van der Waals surface area contributed by atoms with Gasteiger partial charge in [-0.1, -0.05) is 17.7 Å². The van der Waals surface area contributed by atoms with Crippen LogP contribution in [0.15, 0.2) is 18.2 Å². The maximum absolute atomic E-state index is 11.3. The minimum Gasteiger partial charge on any atom is -0.370 e. The number of piperidine rings is 1. The molecule has 18 heavy (non-hydrogen) atoms. The normalized spacial score (nSPS) is 19.9. The Morgan fingerprint density at radius 1 is 1.50 bits per heavy atom. The summed E-state index contributed by atoms with van der Waals surface area (Å²) < 4.78 is 0. The molecule has 1 atom stereocenters. The monoisotopic (exact) mass is 267 g/mol. The van der Waals surface area contributed by atoms with Gasteiger partial charge in [0.2, 0.25) is 5.91 Å². The zero-order valence-electron chi connectivity index (χ0n) is 10.2. The second-order valence-electron chi connectivity index (χ2n) is 4.63. The van der Waals surface area contributed by atoms with Gasteiger partial charge in [0.15, 0.2) is 0 Å². The highest BCUT2D eigenvalue weighted by Crippen LogP contribution is 2.30. The highest BCUT2D eigenvalue weighted by atomic mass is 35.5. The topological polar surface area (TPSA) is 72.3 Å². The van der Waals surface area contributed by atoms with Crippen LogP contribution in [0.1, 0.15) is 18.4 Å². The molecule has 1 unspecified atom stereocenters. The first-order valence-electron chi connectivity index (χ1n) is 6.15. The van der Waals surface area contributed by atoms with Crippen molar-refractivity contribution in [1.29, 1.82) is 0 Å². The fraction of sp³-hybridized carbons (Fsp3) is 0.462. The van der Waals surface area contributed by atoms with E-state index in [2.05, 4.69) is 4.90 Å². The molecule has 1 aliphatic heterocycles. The lowest BCUT2D eigenvalue weighted by Gasteiger charge is -2.34. The van der Waals surface area contributed by atoms with Gasteiger partial charge < -0.3 is 16.4 Å². The van der Waals surface area contributed by atoms with E-state index in [-0.39, 0.29) is 11.8 Å². The van der Waals surface area contributed by atoms with Crippen molar-refractivity contribution < 1.29 is 4.79 Å². The van der Waals surface area contributed by atoms with Crippen molar-refractivity contribution in [3.8, 4) is 0 Å². The third kappa shape index (κ3) is 2.60. The van der Waals surface area contributed by atoms with Crippen LogP contribution < -0.4 is 16.4 Å². The van der Waals surface area contributed by atoms with Gasteiger partial charge in [0.1, 0.15) is 0 Å². The second-order valence-corrected chi connectivity index (χ2v) is 5.04. The number of anilines is 1. The Kier molecular flexibility index (Phi) is 4.09. The number of nitrogens with zero attached hydrogens (tertiary/aromatic N) is 1. The highest BCUT2D eigenvalue weighted by Gasteiger charge is 2.25. The van der Waals surface area contributed by atoms with E-state index in [9.17, 15) is 4.79 Å². The summed E-state index contributed by atoms with van der Waals surface area (Å²) in [7, 11) is 0. The summed E-state index contributed by atoms with van der Waals surface area (Å²) in [5, 5.41) is 0.677. The van der Waals surface area contributed by atoms with Gasteiger partial charge in [-0.25, -0.2) is 0 Å². The molecule has 1 saturated heterocycles. The van der Waals surface area contributed by atoms with Crippen LogP contribution >= 0.6 is 11.6 Å². The third-order valence-corrected chi connectivity index (χ3v) is 3.82. The average molecular weight is 268 g/mol. The van der Waals surface area contributed by atoms with Gasteiger partial charge in [-0.05, 0) is 25.0 Å². The number of benzene rings is 1. The Balaban J connectivity index is 2.26. The molecule has 0 spiro atoms. The van der Waals surface area contributed by atoms with E-state index in [1.807, 2.05) is 18.2 Å². The van der Waals surface area contributed by atoms with Crippen molar-refractivity contribution in [3.05, 3.63) is 28.8 Å². The Labute approximate surface area is 112 Å². The summed E-state index contributed by atoms with van der Waals surface area (Å²) in [5.41, 5.74) is 13.1. The zero-order valence-corrected chi connectivity index (χ0v) is 11.0. The molecule has 4 N–H and O–H groups in total. The Hall–Kier alpha value is -1.26. The standard InChI is InChI=1S/C13H18ClN3O/c14-11-4-1-5-12(10(11)7-15)17-6-2-3-9(8-17)13(16)18/h1,4-5,9H,2-3,6-8,15H2,(H2,16,18). The van der Waals surface area contributed by atoms with Gasteiger partial charge >= 0.3 is 0 Å². The van der Waals surface area contributed by atoms with Crippen molar-refractivity contribution in [1.82, 2.24) is 0 Å². The van der Waals surface area contributed by atoms with Gasteiger partial charge in [0.05, 0.1) is 5.92 Å². The predicted molar refractivity (Wildman–Crippen MR) is 73.5 cm³/mol. The Bertz CT molecular complexity index is 450. The first kappa shape index (κ1) is 13.2. The van der Waals surface area contributed by atoms with Gasteiger partial charge in [-0.2, -0.15) is 0 Å². The number of primary amides is 1. The smallest absolute Gasteiger partial charge is 0.222 e. The first-order chi connectivity index (χ1) is 8.63. The van der Waals surface area contributed by atoms with Crippen molar-refractivity contribution in [2.45, 2.75) is 19.4 Å². The van der Waals surface area contributed by atoms with E-state index in [0.29, 0.717) is 18.1 Å². The largest absolute Gasteiger partial charge is 0.370 e. The predicted octanol–water partition coefficient (Wildman–Crippen LogP) is 1.50. The van der Waals surface area contributed by atoms with Crippen LogP contribution in [0.3, 0.4) is 0 Å². The number of rotatable bonds is 3. The van der Waals surface area contributed by atoms with Crippen LogP contribution in [-0.4, -0.2) is 19.0 Å². The Morgan fingerprint density at radius 3 is 2.94 bits per heavy atom. The summed E-state index contributed by atoms with van der Waals surface area (Å²) in [6, 6.07) is 5.74. The molecule has 0 radical (unpaired) electrons. The number of amides is 1. The van der Waals surface area contributed by atoms with E-state index in [1.165, 1.54) is 0 Å². The molecule has 1 aromatic rings. The number of hydrogen-bond acceptors (Lipinski definition) is 3. The minimum absolute atomic E-state index is 0.0802. The summed E-state index contributed by atoms with van der Waals surface area (Å²) >= 11 is 6.15. The summed E-state index contributed by atoms with van der Waals surface area (Å²) in [4.78, 5) is 13.5. The maximum Gasteiger partial charge on any atom is 0.222 e. The number of nitrogens with two attached hydrogens (primary N) is 2. The molecular weight excluding hydrogens is 250 g/mol. The minimum atomic E-state index is -0.226. The van der Waals surface area contributed by atoms with Gasteiger partial charge in [0, 0.05) is 35.9 Å². The summed E-state index contributed by atoms with van der Waals surface area (Å²) in [6.07, 6.45) is 1.83. The van der Waals surface area contributed by atoms with E-state index in [0.717, 1.165) is 30.6 Å². The fourth-order valence-electron chi connectivity index (χ4n) is 2.47. The molecule has 0 bridgehead atoms. The van der Waals surface area contributed by atoms with Crippen LogP contribution in [0.4, 0.5) is 5.69 Å². The average Bonchev–Trinajstić information content (AvgIpc) is 2.38. The van der Waals surface area contributed by atoms with Gasteiger partial charge in [-0.3, -0.25) is 4.79 Å². The first-order valence-corrected chi connectivity index (χ1v) is 6.53. The molecule has 0 saturated carbocycles. The van der Waals surface area contributed by atoms with Crippen molar-refractivity contribution in [3.63, 3.8) is 0 Å². The molecule has 1 heterocycles. The zero-order chi connectivity index (χ0) is 13.1. The van der Waals surface area contributed by atoms with E-state index >= 15 is 0 Å². The second kappa shape index (κ2) is 5.59. The SMILES string of the molecule is NCc1c(Cl)cccc1N1CCCC(C(N)=O)C1. The quantitative estimate of drug-likeness (QED) is 0.872. The van der Waals surface area contributed by atoms with E-state index in [4.69, 9.17) is 23.1 Å².